The van der Waals surface area contributed by atoms with Crippen molar-refractivity contribution in [1.82, 2.24) is 20.5 Å². The molecule has 3 aromatic rings. The minimum atomic E-state index is -0.265. The number of hydrogen-bond acceptors (Lipinski definition) is 6. The topological polar surface area (TPSA) is 92.3 Å². The third-order valence-corrected chi connectivity index (χ3v) is 5.54. The van der Waals surface area contributed by atoms with E-state index in [4.69, 9.17) is 16.3 Å². The first-order valence-corrected chi connectivity index (χ1v) is 10.4. The molecule has 8 nitrogen and oxygen atoms in total. The Morgan fingerprint density at radius 3 is 2.71 bits per heavy atom. The van der Waals surface area contributed by atoms with E-state index in [0.29, 0.717) is 23.0 Å². The molecular formula is C22H23ClN6O2. The molecule has 1 fully saturated rings. The Hall–Kier alpha value is -3.39. The molecule has 2 atom stereocenters. The zero-order chi connectivity index (χ0) is 21.6. The van der Waals surface area contributed by atoms with Crippen molar-refractivity contribution in [3.8, 4) is 5.75 Å². The quantitative estimate of drug-likeness (QED) is 0.630. The normalized spacial score (nSPS) is 18.3. The molecule has 2 aromatic heterocycles. The second-order valence-electron chi connectivity index (χ2n) is 7.26. The summed E-state index contributed by atoms with van der Waals surface area (Å²) in [7, 11) is 1.61. The molecule has 160 valence electrons. The highest BCUT2D eigenvalue weighted by molar-refractivity contribution is 6.30. The molecule has 4 rings (SSSR count). The average molecular weight is 439 g/mol. The van der Waals surface area contributed by atoms with Crippen LogP contribution >= 0.6 is 11.6 Å². The van der Waals surface area contributed by atoms with E-state index in [9.17, 15) is 4.79 Å². The van der Waals surface area contributed by atoms with Gasteiger partial charge in [0.1, 0.15) is 5.75 Å². The number of urea groups is 1. The summed E-state index contributed by atoms with van der Waals surface area (Å²) in [4.78, 5) is 19.4. The Labute approximate surface area is 185 Å². The molecule has 1 aromatic carbocycles. The molecule has 2 unspecified atom stereocenters. The number of rotatable bonds is 5. The van der Waals surface area contributed by atoms with Crippen molar-refractivity contribution in [2.45, 2.75) is 18.4 Å². The highest BCUT2D eigenvalue weighted by Gasteiger charge is 2.33. The van der Waals surface area contributed by atoms with Crippen molar-refractivity contribution < 1.29 is 9.53 Å². The summed E-state index contributed by atoms with van der Waals surface area (Å²) < 4.78 is 5.23. The predicted octanol–water partition coefficient (Wildman–Crippen LogP) is 3.72. The zero-order valence-corrected chi connectivity index (χ0v) is 17.8. The maximum absolute atomic E-state index is 12.7. The molecular weight excluding hydrogens is 416 g/mol. The van der Waals surface area contributed by atoms with Crippen molar-refractivity contribution in [3.63, 3.8) is 0 Å². The predicted molar refractivity (Wildman–Crippen MR) is 120 cm³/mol. The van der Waals surface area contributed by atoms with E-state index in [1.165, 1.54) is 0 Å². The van der Waals surface area contributed by atoms with Gasteiger partial charge in [0.25, 0.3) is 0 Å². The van der Waals surface area contributed by atoms with Gasteiger partial charge in [0.05, 0.1) is 13.3 Å². The lowest BCUT2D eigenvalue weighted by Crippen LogP contribution is -2.51. The monoisotopic (exact) mass is 438 g/mol. The number of halogens is 1. The second kappa shape index (κ2) is 9.61. The number of carbonyl (C=O) groups is 1. The van der Waals surface area contributed by atoms with Crippen LogP contribution in [0.4, 0.5) is 16.3 Å². The molecule has 1 saturated heterocycles. The van der Waals surface area contributed by atoms with Crippen LogP contribution in [0.25, 0.3) is 0 Å². The van der Waals surface area contributed by atoms with Crippen molar-refractivity contribution in [2.75, 3.05) is 30.4 Å². The highest BCUT2D eigenvalue weighted by atomic mass is 35.5. The van der Waals surface area contributed by atoms with E-state index < -0.39 is 0 Å². The Bertz CT molecular complexity index is 1000. The first-order chi connectivity index (χ1) is 15.1. The highest BCUT2D eigenvalue weighted by Crippen LogP contribution is 2.29. The summed E-state index contributed by atoms with van der Waals surface area (Å²) in [6, 6.07) is 14.3. The zero-order valence-electron chi connectivity index (χ0n) is 17.0. The molecule has 0 spiro atoms. The van der Waals surface area contributed by atoms with E-state index in [-0.39, 0.29) is 18.0 Å². The number of methoxy groups -OCH3 is 1. The minimum Gasteiger partial charge on any atom is -0.495 e. The molecule has 31 heavy (non-hydrogen) atoms. The van der Waals surface area contributed by atoms with Gasteiger partial charge in [-0.1, -0.05) is 11.6 Å². The fourth-order valence-corrected chi connectivity index (χ4v) is 3.82. The van der Waals surface area contributed by atoms with E-state index >= 15 is 0 Å². The van der Waals surface area contributed by atoms with Crippen LogP contribution < -0.4 is 20.3 Å². The van der Waals surface area contributed by atoms with Gasteiger partial charge in [-0.05, 0) is 55.0 Å². The van der Waals surface area contributed by atoms with Gasteiger partial charge in [-0.2, -0.15) is 5.10 Å². The first kappa shape index (κ1) is 20.9. The number of piperidine rings is 1. The van der Waals surface area contributed by atoms with Gasteiger partial charge in [-0.25, -0.2) is 4.79 Å². The molecule has 0 radical (unpaired) electrons. The first-order valence-electron chi connectivity index (χ1n) is 9.98. The van der Waals surface area contributed by atoms with Gasteiger partial charge in [-0.15, -0.1) is 5.10 Å². The molecule has 2 amide bonds. The number of aromatic nitrogens is 3. The molecule has 1 aliphatic rings. The summed E-state index contributed by atoms with van der Waals surface area (Å²) in [5.74, 6) is 1.47. The van der Waals surface area contributed by atoms with E-state index in [0.717, 1.165) is 24.5 Å². The Kier molecular flexibility index (Phi) is 6.47. The van der Waals surface area contributed by atoms with Crippen LogP contribution in [0.5, 0.6) is 5.75 Å². The molecule has 0 aliphatic carbocycles. The van der Waals surface area contributed by atoms with Crippen molar-refractivity contribution in [1.29, 1.82) is 0 Å². The van der Waals surface area contributed by atoms with Crippen LogP contribution in [-0.2, 0) is 0 Å². The lowest BCUT2D eigenvalue weighted by atomic mass is 9.88. The van der Waals surface area contributed by atoms with Crippen molar-refractivity contribution >= 4 is 29.1 Å². The number of carbonyl (C=O) groups excluding carboxylic acids is 1. The lowest BCUT2D eigenvalue weighted by Gasteiger charge is -2.39. The molecule has 3 heterocycles. The maximum Gasteiger partial charge on any atom is 0.319 e. The number of anilines is 2. The Morgan fingerprint density at radius 1 is 1.19 bits per heavy atom. The lowest BCUT2D eigenvalue weighted by molar-refractivity contribution is 0.243. The maximum atomic E-state index is 12.7. The number of nitrogens with zero attached hydrogens (tertiary/aromatic N) is 4. The molecule has 0 saturated carbocycles. The van der Waals surface area contributed by atoms with Crippen LogP contribution in [0, 0.1) is 0 Å². The van der Waals surface area contributed by atoms with E-state index in [2.05, 4.69) is 30.7 Å². The van der Waals surface area contributed by atoms with Crippen LogP contribution in [0.3, 0.4) is 0 Å². The third-order valence-electron chi connectivity index (χ3n) is 5.29. The number of hydrogen-bond donors (Lipinski definition) is 2. The number of nitrogens with one attached hydrogen (secondary N) is 2. The van der Waals surface area contributed by atoms with E-state index in [1.807, 2.05) is 24.3 Å². The van der Waals surface area contributed by atoms with Crippen molar-refractivity contribution in [3.05, 3.63) is 71.6 Å². The van der Waals surface area contributed by atoms with Crippen LogP contribution in [0.2, 0.25) is 5.02 Å². The van der Waals surface area contributed by atoms with Gasteiger partial charge in [-0.3, -0.25) is 4.98 Å². The standard InChI is InChI=1S/C22H23ClN6O2/c1-31-17-8-9-19(24-13-17)18-14-29(21-3-2-11-25-28-21)12-10-20(18)27-22(30)26-16-6-4-15(23)5-7-16/h2-9,11,13,18,20H,10,12,14H2,1H3,(H2,26,27,30). The summed E-state index contributed by atoms with van der Waals surface area (Å²) in [6.45, 7) is 1.40. The Balaban J connectivity index is 1.51. The van der Waals surface area contributed by atoms with Gasteiger partial charge < -0.3 is 20.3 Å². The number of benzene rings is 1. The third kappa shape index (κ3) is 5.21. The summed E-state index contributed by atoms with van der Waals surface area (Å²) in [6.07, 6.45) is 4.09. The molecule has 0 bridgehead atoms. The smallest absolute Gasteiger partial charge is 0.319 e. The van der Waals surface area contributed by atoms with Crippen LogP contribution in [0.15, 0.2) is 60.9 Å². The largest absolute Gasteiger partial charge is 0.495 e. The summed E-state index contributed by atoms with van der Waals surface area (Å²) in [5.41, 5.74) is 1.56. The van der Waals surface area contributed by atoms with Gasteiger partial charge in [0, 0.05) is 47.7 Å². The average Bonchev–Trinajstić information content (AvgIpc) is 2.81. The van der Waals surface area contributed by atoms with Crippen LogP contribution in [-0.4, -0.2) is 47.5 Å². The summed E-state index contributed by atoms with van der Waals surface area (Å²) >= 11 is 5.92. The minimum absolute atomic E-state index is 0.0300. The second-order valence-corrected chi connectivity index (χ2v) is 7.69. The fraction of sp³-hybridized carbons (Fsp3) is 0.273. The summed E-state index contributed by atoms with van der Waals surface area (Å²) in [5, 5.41) is 14.8. The molecule has 1 aliphatic heterocycles. The molecule has 9 heteroatoms. The van der Waals surface area contributed by atoms with E-state index in [1.54, 1.807) is 43.8 Å². The van der Waals surface area contributed by atoms with Gasteiger partial charge in [0.15, 0.2) is 5.82 Å². The van der Waals surface area contributed by atoms with Crippen molar-refractivity contribution in [2.24, 2.45) is 0 Å². The SMILES string of the molecule is COc1ccc(C2CN(c3cccnn3)CCC2NC(=O)Nc2ccc(Cl)cc2)nc1. The number of ether oxygens (including phenoxy) is 1. The van der Waals surface area contributed by atoms with Gasteiger partial charge in [0.2, 0.25) is 0 Å². The van der Waals surface area contributed by atoms with Gasteiger partial charge >= 0.3 is 6.03 Å². The van der Waals surface area contributed by atoms with Crippen LogP contribution in [0.1, 0.15) is 18.0 Å². The Morgan fingerprint density at radius 2 is 2.03 bits per heavy atom. The number of amides is 2. The fourth-order valence-electron chi connectivity index (χ4n) is 3.70. The number of pyridine rings is 1. The molecule has 2 N–H and O–H groups in total.